The summed E-state index contributed by atoms with van der Waals surface area (Å²) in [5.74, 6) is -0.238. The first-order valence-corrected chi connectivity index (χ1v) is 11.7. The first-order valence-electron chi connectivity index (χ1n) is 11.7. The van der Waals surface area contributed by atoms with Crippen LogP contribution < -0.4 is 10.2 Å². The largest absolute Gasteiger partial charge is 0.462 e. The number of amides is 3. The fourth-order valence-electron chi connectivity index (χ4n) is 6.11. The highest BCUT2D eigenvalue weighted by atomic mass is 16.5. The fraction of sp³-hybridized carbons (Fsp3) is 0.333. The van der Waals surface area contributed by atoms with E-state index in [1.54, 1.807) is 55.5 Å². The van der Waals surface area contributed by atoms with E-state index in [0.717, 1.165) is 6.42 Å². The molecule has 3 amide bonds. The average molecular weight is 456 g/mol. The van der Waals surface area contributed by atoms with Gasteiger partial charge in [-0.15, -0.1) is 0 Å². The second kappa shape index (κ2) is 7.65. The molecule has 7 rings (SSSR count). The summed E-state index contributed by atoms with van der Waals surface area (Å²) >= 11 is 0. The number of anilines is 2. The van der Waals surface area contributed by atoms with E-state index in [9.17, 15) is 19.2 Å². The molecule has 1 N–H and O–H groups in total. The summed E-state index contributed by atoms with van der Waals surface area (Å²) in [5.41, 5.74) is 1.69. The summed E-state index contributed by atoms with van der Waals surface area (Å²) in [4.78, 5) is 52.7. The van der Waals surface area contributed by atoms with E-state index in [-0.39, 0.29) is 48.0 Å². The van der Waals surface area contributed by atoms with Crippen LogP contribution in [0.4, 0.5) is 11.4 Å². The van der Waals surface area contributed by atoms with Gasteiger partial charge in [0.2, 0.25) is 11.8 Å². The van der Waals surface area contributed by atoms with Crippen molar-refractivity contribution in [3.63, 3.8) is 0 Å². The molecule has 7 nitrogen and oxygen atoms in total. The molecule has 34 heavy (non-hydrogen) atoms. The molecule has 1 heterocycles. The third-order valence-electron chi connectivity index (χ3n) is 7.68. The van der Waals surface area contributed by atoms with Crippen LogP contribution in [0.25, 0.3) is 0 Å². The lowest BCUT2D eigenvalue weighted by atomic mass is 9.63. The predicted molar refractivity (Wildman–Crippen MR) is 124 cm³/mol. The maximum atomic E-state index is 13.3. The molecular weight excluding hydrogens is 432 g/mol. The van der Waals surface area contributed by atoms with Gasteiger partial charge in [-0.1, -0.05) is 18.2 Å². The average Bonchev–Trinajstić information content (AvgIpc) is 3.63. The Kier molecular flexibility index (Phi) is 4.69. The van der Waals surface area contributed by atoms with Crippen LogP contribution in [-0.2, 0) is 14.3 Å². The van der Waals surface area contributed by atoms with Gasteiger partial charge in [0.15, 0.2) is 0 Å². The molecule has 6 atom stereocenters. The number of hydrogen-bond acceptors (Lipinski definition) is 5. The van der Waals surface area contributed by atoms with Crippen LogP contribution in [-0.4, -0.2) is 30.3 Å². The van der Waals surface area contributed by atoms with Gasteiger partial charge in [0.25, 0.3) is 5.91 Å². The Morgan fingerprint density at radius 1 is 0.941 bits per heavy atom. The van der Waals surface area contributed by atoms with Crippen LogP contribution in [0.1, 0.15) is 34.1 Å². The van der Waals surface area contributed by atoms with Crippen molar-refractivity contribution in [1.29, 1.82) is 0 Å². The Morgan fingerprint density at radius 2 is 1.59 bits per heavy atom. The van der Waals surface area contributed by atoms with Gasteiger partial charge < -0.3 is 10.1 Å². The lowest BCUT2D eigenvalue weighted by molar-refractivity contribution is -0.124. The van der Waals surface area contributed by atoms with Crippen LogP contribution >= 0.6 is 0 Å². The van der Waals surface area contributed by atoms with Gasteiger partial charge in [0, 0.05) is 11.3 Å². The van der Waals surface area contributed by atoms with E-state index in [1.807, 2.05) is 0 Å². The van der Waals surface area contributed by atoms with E-state index in [1.165, 1.54) is 4.90 Å². The quantitative estimate of drug-likeness (QED) is 0.421. The first kappa shape index (κ1) is 20.8. The molecule has 0 aromatic heterocycles. The minimum Gasteiger partial charge on any atom is -0.462 e. The second-order valence-electron chi connectivity index (χ2n) is 9.47. The molecule has 5 aliphatic rings. The van der Waals surface area contributed by atoms with Crippen molar-refractivity contribution in [1.82, 2.24) is 0 Å². The number of esters is 1. The molecule has 2 saturated carbocycles. The van der Waals surface area contributed by atoms with Crippen molar-refractivity contribution >= 4 is 35.1 Å². The number of carbonyl (C=O) groups excluding carboxylic acids is 4. The van der Waals surface area contributed by atoms with Gasteiger partial charge in [-0.3, -0.25) is 14.4 Å². The van der Waals surface area contributed by atoms with Crippen LogP contribution in [0.15, 0.2) is 60.7 Å². The van der Waals surface area contributed by atoms with Gasteiger partial charge in [-0.05, 0) is 79.5 Å². The molecule has 1 saturated heterocycles. The smallest absolute Gasteiger partial charge is 0.338 e. The maximum Gasteiger partial charge on any atom is 0.338 e. The van der Waals surface area contributed by atoms with Crippen molar-refractivity contribution in [3.05, 3.63) is 71.8 Å². The number of nitrogens with zero attached hydrogens (tertiary/aromatic N) is 1. The summed E-state index contributed by atoms with van der Waals surface area (Å²) in [6.45, 7) is 2.03. The second-order valence-corrected chi connectivity index (χ2v) is 9.47. The third kappa shape index (κ3) is 3.10. The van der Waals surface area contributed by atoms with E-state index in [2.05, 4.69) is 17.5 Å². The van der Waals surface area contributed by atoms with Crippen LogP contribution in [0, 0.1) is 35.5 Å². The van der Waals surface area contributed by atoms with Crippen molar-refractivity contribution in [3.8, 4) is 0 Å². The molecule has 2 bridgehead atoms. The van der Waals surface area contributed by atoms with Crippen LogP contribution in [0.3, 0.4) is 0 Å². The molecule has 172 valence electrons. The lowest BCUT2D eigenvalue weighted by Crippen LogP contribution is -2.40. The van der Waals surface area contributed by atoms with E-state index < -0.39 is 5.97 Å². The van der Waals surface area contributed by atoms with Gasteiger partial charge in [0.05, 0.1) is 29.7 Å². The Labute approximate surface area is 196 Å². The summed E-state index contributed by atoms with van der Waals surface area (Å²) < 4.78 is 4.97. The zero-order valence-corrected chi connectivity index (χ0v) is 18.6. The van der Waals surface area contributed by atoms with Gasteiger partial charge >= 0.3 is 5.97 Å². The minimum absolute atomic E-state index is 0.146. The predicted octanol–water partition coefficient (Wildman–Crippen LogP) is 3.67. The lowest BCUT2D eigenvalue weighted by Gasteiger charge is -2.37. The van der Waals surface area contributed by atoms with Gasteiger partial charge in [-0.2, -0.15) is 0 Å². The fourth-order valence-corrected chi connectivity index (χ4v) is 6.11. The number of ether oxygens (including phenoxy) is 1. The normalized spacial score (nSPS) is 30.1. The number of rotatable bonds is 5. The highest BCUT2D eigenvalue weighted by Crippen LogP contribution is 2.65. The number of carbonyl (C=O) groups is 4. The number of imide groups is 1. The minimum atomic E-state index is -0.422. The monoisotopic (exact) mass is 456 g/mol. The summed E-state index contributed by atoms with van der Waals surface area (Å²) in [7, 11) is 0. The van der Waals surface area contributed by atoms with E-state index >= 15 is 0 Å². The summed E-state index contributed by atoms with van der Waals surface area (Å²) in [6.07, 6.45) is 5.41. The Hall–Kier alpha value is -3.74. The summed E-state index contributed by atoms with van der Waals surface area (Å²) in [5, 5.41) is 2.79. The molecule has 7 heteroatoms. The molecule has 0 unspecified atom stereocenters. The van der Waals surface area contributed by atoms with E-state index in [4.69, 9.17) is 4.74 Å². The molecule has 2 aromatic carbocycles. The molecule has 3 fully saturated rings. The Balaban J connectivity index is 1.20. The number of allylic oxidation sites excluding steroid dienone is 2. The number of benzene rings is 2. The van der Waals surface area contributed by atoms with Crippen LogP contribution in [0.5, 0.6) is 0 Å². The maximum absolute atomic E-state index is 13.3. The van der Waals surface area contributed by atoms with Crippen molar-refractivity contribution < 1.29 is 23.9 Å². The van der Waals surface area contributed by atoms with Crippen molar-refractivity contribution in [2.75, 3.05) is 16.8 Å². The van der Waals surface area contributed by atoms with E-state index in [0.29, 0.717) is 34.3 Å². The summed E-state index contributed by atoms with van der Waals surface area (Å²) in [6, 6.07) is 13.0. The Bertz CT molecular complexity index is 1210. The molecule has 0 spiro atoms. The molecule has 1 aliphatic heterocycles. The van der Waals surface area contributed by atoms with Gasteiger partial charge in [0.1, 0.15) is 0 Å². The topological polar surface area (TPSA) is 92.8 Å². The Morgan fingerprint density at radius 3 is 2.21 bits per heavy atom. The van der Waals surface area contributed by atoms with Gasteiger partial charge in [-0.25, -0.2) is 9.69 Å². The number of hydrogen-bond donors (Lipinski definition) is 1. The highest BCUT2D eigenvalue weighted by Gasteiger charge is 2.67. The molecule has 2 aromatic rings. The molecule has 0 radical (unpaired) electrons. The molecular formula is C27H24N2O5. The van der Waals surface area contributed by atoms with Crippen LogP contribution in [0.2, 0.25) is 0 Å². The first-order chi connectivity index (χ1) is 16.5. The standard InChI is InChI=1S/C27H24N2O5/c1-2-34-27(33)14-6-8-16(9-7-14)28-24(30)15-4-3-5-17(12-15)29-25(31)22-18-10-11-19(21-13-20(18)21)23(22)26(29)32/h3-12,18-23H,2,13H2,1H3,(H,28,30)/t18-,19-,20-,21+,22+,23+/m0/s1. The highest BCUT2D eigenvalue weighted by molar-refractivity contribution is 6.23. The van der Waals surface area contributed by atoms with Crippen molar-refractivity contribution in [2.45, 2.75) is 13.3 Å². The zero-order valence-electron chi connectivity index (χ0n) is 18.6. The zero-order chi connectivity index (χ0) is 23.6. The SMILES string of the molecule is CCOC(=O)c1ccc(NC(=O)c2cccc(N3C(=O)[C@@H]4[C@H]5C=C[C@@H]([C@@H]6C[C@H]56)[C@H]4C3=O)c2)cc1. The molecule has 4 aliphatic carbocycles. The number of nitrogens with one attached hydrogen (secondary N) is 1. The third-order valence-corrected chi connectivity index (χ3v) is 7.68. The van der Waals surface area contributed by atoms with Crippen molar-refractivity contribution in [2.24, 2.45) is 35.5 Å².